The number of hydrogen-bond donors (Lipinski definition) is 1. The van der Waals surface area contributed by atoms with Gasteiger partial charge in [-0.05, 0) is 42.7 Å². The largest absolute Gasteiger partial charge is 0.354 e. The summed E-state index contributed by atoms with van der Waals surface area (Å²) in [7, 11) is -4.02. The smallest absolute Gasteiger partial charge is 0.269 e. The molecule has 0 aromatic heterocycles. The van der Waals surface area contributed by atoms with E-state index >= 15 is 0 Å². The van der Waals surface area contributed by atoms with Gasteiger partial charge in [0.2, 0.25) is 11.8 Å². The molecule has 10 heteroatoms. The Morgan fingerprint density at radius 3 is 2.38 bits per heavy atom. The van der Waals surface area contributed by atoms with Gasteiger partial charge in [-0.3, -0.25) is 14.4 Å². The first-order chi connectivity index (χ1) is 16.2. The summed E-state index contributed by atoms with van der Waals surface area (Å²) in [6.45, 7) is 4.07. The summed E-state index contributed by atoms with van der Waals surface area (Å²) in [6, 6.07) is 12.2. The number of hydrogen-bond acceptors (Lipinski definition) is 5. The lowest BCUT2D eigenvalue weighted by Crippen LogP contribution is -2.49. The van der Waals surface area contributed by atoms with Gasteiger partial charge in [-0.2, -0.15) is 0 Å². The zero-order valence-electron chi connectivity index (χ0n) is 19.2. The van der Waals surface area contributed by atoms with Crippen LogP contribution in [0.5, 0.6) is 0 Å². The van der Waals surface area contributed by atoms with Gasteiger partial charge in [0, 0.05) is 31.1 Å². The predicted octanol–water partition coefficient (Wildman–Crippen LogP) is 3.21. The van der Waals surface area contributed by atoms with Crippen molar-refractivity contribution in [1.29, 1.82) is 0 Å². The van der Waals surface area contributed by atoms with Crippen molar-refractivity contribution >= 4 is 39.3 Å². The van der Waals surface area contributed by atoms with Crippen LogP contribution in [0.1, 0.15) is 49.0 Å². The molecule has 2 aromatic carbocycles. The van der Waals surface area contributed by atoms with Gasteiger partial charge >= 0.3 is 0 Å². The molecule has 0 aliphatic carbocycles. The second-order valence-corrected chi connectivity index (χ2v) is 10.3. The van der Waals surface area contributed by atoms with E-state index in [-0.39, 0.29) is 35.9 Å². The topological polar surface area (TPSA) is 104 Å². The second kappa shape index (κ2) is 11.0. The number of carbonyl (C=O) groups excluding carboxylic acids is 3. The Morgan fingerprint density at radius 2 is 1.76 bits per heavy atom. The first-order valence-corrected chi connectivity index (χ1v) is 13.0. The van der Waals surface area contributed by atoms with Gasteiger partial charge in [-0.25, -0.2) is 12.7 Å². The van der Waals surface area contributed by atoms with Crippen LogP contribution in [0, 0.1) is 0 Å². The third kappa shape index (κ3) is 5.42. The maximum absolute atomic E-state index is 13.3. The number of nitrogens with one attached hydrogen (secondary N) is 1. The van der Waals surface area contributed by atoms with E-state index in [2.05, 4.69) is 5.32 Å². The number of nitrogens with zero attached hydrogens (tertiary/aromatic N) is 2. The summed E-state index contributed by atoms with van der Waals surface area (Å²) in [5.74, 6) is -1.35. The van der Waals surface area contributed by atoms with E-state index in [0.717, 1.165) is 16.3 Å². The predicted molar refractivity (Wildman–Crippen MR) is 129 cm³/mol. The summed E-state index contributed by atoms with van der Waals surface area (Å²) >= 11 is 5.97. The standard InChI is InChI=1S/C24H28ClN3O5S/c1-3-14-26-23(30)20(4-2)27(16-17-9-11-18(25)12-10-17)22(29)13-15-28-24(31)19-7-5-6-8-21(19)34(28,32)33/h5-12,20H,3-4,13-16H2,1-2H3,(H,26,30)/t20-/m1/s1. The van der Waals surface area contributed by atoms with Gasteiger partial charge in [-0.1, -0.05) is 49.7 Å². The van der Waals surface area contributed by atoms with Gasteiger partial charge in [0.15, 0.2) is 0 Å². The molecule has 0 bridgehead atoms. The van der Waals surface area contributed by atoms with Gasteiger partial charge in [0.25, 0.3) is 15.9 Å². The molecule has 1 aliphatic rings. The number of halogens is 1. The van der Waals surface area contributed by atoms with E-state index in [0.29, 0.717) is 18.0 Å². The van der Waals surface area contributed by atoms with E-state index in [1.165, 1.54) is 17.0 Å². The molecule has 0 unspecified atom stereocenters. The van der Waals surface area contributed by atoms with Crippen LogP contribution in [0.2, 0.25) is 5.02 Å². The fourth-order valence-corrected chi connectivity index (χ4v) is 5.56. The fraction of sp³-hybridized carbons (Fsp3) is 0.375. The molecule has 3 rings (SSSR count). The van der Waals surface area contributed by atoms with Crippen molar-refractivity contribution in [2.45, 2.75) is 50.6 Å². The monoisotopic (exact) mass is 505 g/mol. The van der Waals surface area contributed by atoms with Crippen LogP contribution < -0.4 is 5.32 Å². The third-order valence-corrected chi connectivity index (χ3v) is 7.73. The summed E-state index contributed by atoms with van der Waals surface area (Å²) in [5, 5.41) is 3.38. The SMILES string of the molecule is CCCNC(=O)[C@@H](CC)N(Cc1ccc(Cl)cc1)C(=O)CCN1C(=O)c2ccccc2S1(=O)=O. The van der Waals surface area contributed by atoms with Gasteiger partial charge < -0.3 is 10.2 Å². The molecule has 1 aliphatic heterocycles. The van der Waals surface area contributed by atoms with Crippen molar-refractivity contribution in [3.05, 3.63) is 64.7 Å². The highest BCUT2D eigenvalue weighted by Gasteiger charge is 2.41. The van der Waals surface area contributed by atoms with Crippen LogP contribution in [0.3, 0.4) is 0 Å². The van der Waals surface area contributed by atoms with E-state index in [9.17, 15) is 22.8 Å². The zero-order chi connectivity index (χ0) is 24.9. The average molecular weight is 506 g/mol. The molecule has 1 N–H and O–H groups in total. The average Bonchev–Trinajstić information content (AvgIpc) is 3.02. The molecule has 0 spiro atoms. The Bertz CT molecular complexity index is 1170. The molecule has 2 aromatic rings. The van der Waals surface area contributed by atoms with Gasteiger partial charge in [0.1, 0.15) is 10.9 Å². The van der Waals surface area contributed by atoms with Crippen molar-refractivity contribution in [3.8, 4) is 0 Å². The molecule has 8 nitrogen and oxygen atoms in total. The van der Waals surface area contributed by atoms with Gasteiger partial charge in [-0.15, -0.1) is 0 Å². The lowest BCUT2D eigenvalue weighted by molar-refractivity contribution is -0.141. The number of amides is 3. The summed E-state index contributed by atoms with van der Waals surface area (Å²) in [5.41, 5.74) is 0.870. The minimum atomic E-state index is -4.02. The molecule has 0 fully saturated rings. The molecule has 1 atom stereocenters. The van der Waals surface area contributed by atoms with Crippen molar-refractivity contribution in [1.82, 2.24) is 14.5 Å². The molecule has 1 heterocycles. The lowest BCUT2D eigenvalue weighted by atomic mass is 10.1. The van der Waals surface area contributed by atoms with Crippen LogP contribution in [0.4, 0.5) is 0 Å². The number of benzene rings is 2. The van der Waals surface area contributed by atoms with Crippen LogP contribution in [0.25, 0.3) is 0 Å². The molecular weight excluding hydrogens is 478 g/mol. The van der Waals surface area contributed by atoms with Crippen LogP contribution >= 0.6 is 11.6 Å². The zero-order valence-corrected chi connectivity index (χ0v) is 20.7. The second-order valence-electron chi connectivity index (χ2n) is 7.99. The quantitative estimate of drug-likeness (QED) is 0.534. The molecule has 0 radical (unpaired) electrons. The van der Waals surface area contributed by atoms with Crippen LogP contribution in [-0.4, -0.2) is 54.5 Å². The highest BCUT2D eigenvalue weighted by atomic mass is 35.5. The van der Waals surface area contributed by atoms with Crippen molar-refractivity contribution < 1.29 is 22.8 Å². The van der Waals surface area contributed by atoms with Crippen molar-refractivity contribution in [2.75, 3.05) is 13.1 Å². The molecule has 182 valence electrons. The Hall–Kier alpha value is -2.91. The first kappa shape index (κ1) is 25.7. The maximum atomic E-state index is 13.3. The lowest BCUT2D eigenvalue weighted by Gasteiger charge is -2.31. The highest BCUT2D eigenvalue weighted by Crippen LogP contribution is 2.30. The van der Waals surface area contributed by atoms with E-state index in [1.807, 2.05) is 13.8 Å². The normalized spacial score (nSPS) is 15.0. The molecular formula is C24H28ClN3O5S. The number of fused-ring (bicyclic) bond motifs is 1. The third-order valence-electron chi connectivity index (χ3n) is 5.64. The Morgan fingerprint density at radius 1 is 1.09 bits per heavy atom. The van der Waals surface area contributed by atoms with Gasteiger partial charge in [0.05, 0.1) is 5.56 Å². The minimum Gasteiger partial charge on any atom is -0.354 e. The molecule has 0 saturated heterocycles. The maximum Gasteiger partial charge on any atom is 0.269 e. The molecule has 34 heavy (non-hydrogen) atoms. The summed E-state index contributed by atoms with van der Waals surface area (Å²) in [6.07, 6.45) is 0.883. The fourth-order valence-electron chi connectivity index (χ4n) is 3.87. The van der Waals surface area contributed by atoms with Crippen molar-refractivity contribution in [3.63, 3.8) is 0 Å². The molecule has 0 saturated carbocycles. The first-order valence-electron chi connectivity index (χ1n) is 11.2. The number of sulfonamides is 1. The van der Waals surface area contributed by atoms with Crippen LogP contribution in [0.15, 0.2) is 53.4 Å². The van der Waals surface area contributed by atoms with Crippen molar-refractivity contribution in [2.24, 2.45) is 0 Å². The Kier molecular flexibility index (Phi) is 8.33. The molecule has 3 amide bonds. The summed E-state index contributed by atoms with van der Waals surface area (Å²) < 4.78 is 26.4. The summed E-state index contributed by atoms with van der Waals surface area (Å²) in [4.78, 5) is 40.2. The number of rotatable bonds is 10. The Labute approximate surface area is 204 Å². The highest BCUT2D eigenvalue weighted by molar-refractivity contribution is 7.90. The Balaban J connectivity index is 1.81. The van der Waals surface area contributed by atoms with E-state index < -0.39 is 27.9 Å². The van der Waals surface area contributed by atoms with Crippen LogP contribution in [-0.2, 0) is 26.2 Å². The van der Waals surface area contributed by atoms with E-state index in [4.69, 9.17) is 11.6 Å². The van der Waals surface area contributed by atoms with E-state index in [1.54, 1.807) is 36.4 Å². The number of carbonyl (C=O) groups is 3. The minimum absolute atomic E-state index is 0.0594.